The number of nitrogens with zero attached hydrogens (tertiary/aromatic N) is 2. The third-order valence-electron chi connectivity index (χ3n) is 6.36. The lowest BCUT2D eigenvalue weighted by Gasteiger charge is -2.39. The molecule has 0 saturated carbocycles. The maximum absolute atomic E-state index is 13.1. The molecular formula is C22H32N2O3. The molecular weight excluding hydrogens is 340 g/mol. The number of carbonyl (C=O) groups excluding carboxylic acids is 1. The number of amides is 1. The third kappa shape index (κ3) is 3.72. The number of hydrogen-bond donors (Lipinski definition) is 0. The number of piperidine rings is 1. The summed E-state index contributed by atoms with van der Waals surface area (Å²) in [6.07, 6.45) is 4.08. The van der Waals surface area contributed by atoms with Gasteiger partial charge in [-0.1, -0.05) is 12.1 Å². The summed E-state index contributed by atoms with van der Waals surface area (Å²) >= 11 is 0. The second-order valence-electron chi connectivity index (χ2n) is 9.11. The van der Waals surface area contributed by atoms with Gasteiger partial charge in [0.25, 0.3) is 0 Å². The Labute approximate surface area is 162 Å². The van der Waals surface area contributed by atoms with Crippen LogP contribution in [-0.2, 0) is 22.5 Å². The fourth-order valence-electron chi connectivity index (χ4n) is 5.06. The minimum absolute atomic E-state index is 0.0984. The minimum Gasteiger partial charge on any atom is -0.487 e. The molecule has 0 radical (unpaired) electrons. The van der Waals surface area contributed by atoms with E-state index in [1.54, 1.807) is 7.11 Å². The van der Waals surface area contributed by atoms with Gasteiger partial charge in [0.05, 0.1) is 12.0 Å². The van der Waals surface area contributed by atoms with Crippen molar-refractivity contribution in [3.63, 3.8) is 0 Å². The van der Waals surface area contributed by atoms with Crippen LogP contribution in [0.2, 0.25) is 0 Å². The van der Waals surface area contributed by atoms with Gasteiger partial charge in [-0.3, -0.25) is 9.69 Å². The maximum Gasteiger partial charge on any atom is 0.230 e. The smallest absolute Gasteiger partial charge is 0.230 e. The van der Waals surface area contributed by atoms with Crippen LogP contribution < -0.4 is 4.74 Å². The van der Waals surface area contributed by atoms with Crippen molar-refractivity contribution in [3.05, 3.63) is 29.3 Å². The predicted molar refractivity (Wildman–Crippen MR) is 105 cm³/mol. The molecule has 1 aromatic carbocycles. The van der Waals surface area contributed by atoms with Gasteiger partial charge in [0.15, 0.2) is 0 Å². The standard InChI is InChI=1S/C22H32N2O3/c1-21(2)14-18-13-17(5-6-19(18)27-21)15-23-10-8-22(16-23)7-4-9-24(20(22)25)11-12-26-3/h5-6,13H,4,7-12,14-16H2,1-3H3/t22-/m1/s1. The van der Waals surface area contributed by atoms with Gasteiger partial charge < -0.3 is 14.4 Å². The Hall–Kier alpha value is -1.59. The quantitative estimate of drug-likeness (QED) is 0.797. The molecule has 1 atom stereocenters. The Balaban J connectivity index is 1.41. The molecule has 2 saturated heterocycles. The third-order valence-corrected chi connectivity index (χ3v) is 6.36. The Bertz CT molecular complexity index is 718. The van der Waals surface area contributed by atoms with E-state index in [2.05, 4.69) is 36.9 Å². The molecule has 3 aliphatic heterocycles. The highest BCUT2D eigenvalue weighted by Crippen LogP contribution is 2.41. The first-order valence-corrected chi connectivity index (χ1v) is 10.2. The van der Waals surface area contributed by atoms with Gasteiger partial charge in [0, 0.05) is 39.7 Å². The van der Waals surface area contributed by atoms with Crippen molar-refractivity contribution < 1.29 is 14.3 Å². The second-order valence-corrected chi connectivity index (χ2v) is 9.11. The fourth-order valence-corrected chi connectivity index (χ4v) is 5.06. The lowest BCUT2D eigenvalue weighted by atomic mass is 9.78. The van der Waals surface area contributed by atoms with Crippen molar-refractivity contribution >= 4 is 5.91 Å². The molecule has 1 amide bonds. The lowest BCUT2D eigenvalue weighted by Crippen LogP contribution is -2.50. The summed E-state index contributed by atoms with van der Waals surface area (Å²) in [6.45, 7) is 9.31. The van der Waals surface area contributed by atoms with Crippen LogP contribution in [0.3, 0.4) is 0 Å². The summed E-state index contributed by atoms with van der Waals surface area (Å²) < 4.78 is 11.2. The van der Waals surface area contributed by atoms with E-state index in [0.717, 1.165) is 64.2 Å². The van der Waals surface area contributed by atoms with Gasteiger partial charge in [-0.25, -0.2) is 0 Å². The molecule has 1 aromatic rings. The molecule has 5 heteroatoms. The summed E-state index contributed by atoms with van der Waals surface area (Å²) in [7, 11) is 1.70. The summed E-state index contributed by atoms with van der Waals surface area (Å²) in [5.41, 5.74) is 2.37. The van der Waals surface area contributed by atoms with Crippen molar-refractivity contribution in [2.45, 2.75) is 51.7 Å². The molecule has 5 nitrogen and oxygen atoms in total. The first kappa shape index (κ1) is 18.8. The van der Waals surface area contributed by atoms with Crippen LogP contribution >= 0.6 is 0 Å². The molecule has 27 heavy (non-hydrogen) atoms. The van der Waals surface area contributed by atoms with Crippen LogP contribution in [0.25, 0.3) is 0 Å². The zero-order chi connectivity index (χ0) is 19.1. The molecule has 0 N–H and O–H groups in total. The van der Waals surface area contributed by atoms with Gasteiger partial charge in [-0.15, -0.1) is 0 Å². The number of ether oxygens (including phenoxy) is 2. The minimum atomic E-state index is -0.173. The van der Waals surface area contributed by atoms with E-state index < -0.39 is 0 Å². The normalized spacial score (nSPS) is 27.2. The Morgan fingerprint density at radius 3 is 2.89 bits per heavy atom. The average Bonchev–Trinajstić information content (AvgIpc) is 3.16. The average molecular weight is 373 g/mol. The van der Waals surface area contributed by atoms with Crippen LogP contribution in [0.15, 0.2) is 18.2 Å². The van der Waals surface area contributed by atoms with Gasteiger partial charge in [-0.05, 0) is 56.8 Å². The molecule has 0 unspecified atom stereocenters. The zero-order valence-corrected chi connectivity index (χ0v) is 16.9. The SMILES string of the molecule is COCCN1CCC[C@]2(CCN(Cc3ccc4c(c3)CC(C)(C)O4)C2)C1=O. The number of likely N-dealkylation sites (tertiary alicyclic amines) is 2. The van der Waals surface area contributed by atoms with Crippen molar-refractivity contribution in [2.24, 2.45) is 5.41 Å². The molecule has 0 bridgehead atoms. The zero-order valence-electron chi connectivity index (χ0n) is 16.9. The largest absolute Gasteiger partial charge is 0.487 e. The number of methoxy groups -OCH3 is 1. The Morgan fingerprint density at radius 2 is 2.07 bits per heavy atom. The molecule has 2 fully saturated rings. The number of benzene rings is 1. The van der Waals surface area contributed by atoms with E-state index in [1.165, 1.54) is 11.1 Å². The van der Waals surface area contributed by atoms with Crippen molar-refractivity contribution in [1.82, 2.24) is 9.80 Å². The first-order chi connectivity index (χ1) is 12.9. The maximum atomic E-state index is 13.1. The molecule has 0 aliphatic carbocycles. The van der Waals surface area contributed by atoms with Crippen molar-refractivity contribution in [1.29, 1.82) is 0 Å². The molecule has 3 aliphatic rings. The molecule has 0 aromatic heterocycles. The van der Waals surface area contributed by atoms with Crippen molar-refractivity contribution in [3.8, 4) is 5.75 Å². The predicted octanol–water partition coefficient (Wildman–Crippen LogP) is 2.86. The van der Waals surface area contributed by atoms with Crippen LogP contribution in [0.1, 0.15) is 44.2 Å². The van der Waals surface area contributed by atoms with Crippen LogP contribution in [0.4, 0.5) is 0 Å². The molecule has 4 rings (SSSR count). The van der Waals surface area contributed by atoms with Gasteiger partial charge in [0.1, 0.15) is 11.4 Å². The highest BCUT2D eigenvalue weighted by Gasteiger charge is 2.48. The molecule has 1 spiro atoms. The van der Waals surface area contributed by atoms with Crippen LogP contribution in [0, 0.1) is 5.41 Å². The van der Waals surface area contributed by atoms with E-state index in [1.807, 2.05) is 4.90 Å². The summed E-state index contributed by atoms with van der Waals surface area (Å²) in [5, 5.41) is 0. The van der Waals surface area contributed by atoms with E-state index in [4.69, 9.17) is 9.47 Å². The Kier molecular flexibility index (Phi) is 4.93. The summed E-state index contributed by atoms with van der Waals surface area (Å²) in [6, 6.07) is 6.59. The highest BCUT2D eigenvalue weighted by molar-refractivity contribution is 5.84. The van der Waals surface area contributed by atoms with Crippen molar-refractivity contribution in [2.75, 3.05) is 39.9 Å². The number of hydrogen-bond acceptors (Lipinski definition) is 4. The van der Waals surface area contributed by atoms with E-state index in [0.29, 0.717) is 12.5 Å². The Morgan fingerprint density at radius 1 is 1.22 bits per heavy atom. The van der Waals surface area contributed by atoms with Crippen LogP contribution in [-0.4, -0.2) is 61.2 Å². The first-order valence-electron chi connectivity index (χ1n) is 10.2. The summed E-state index contributed by atoms with van der Waals surface area (Å²) in [5.74, 6) is 1.37. The van der Waals surface area contributed by atoms with E-state index in [-0.39, 0.29) is 11.0 Å². The number of carbonyl (C=O) groups is 1. The molecule has 148 valence electrons. The topological polar surface area (TPSA) is 42.0 Å². The lowest BCUT2D eigenvalue weighted by molar-refractivity contribution is -0.146. The number of fused-ring (bicyclic) bond motifs is 1. The highest BCUT2D eigenvalue weighted by atomic mass is 16.5. The fraction of sp³-hybridized carbons (Fsp3) is 0.682. The van der Waals surface area contributed by atoms with E-state index >= 15 is 0 Å². The molecule has 3 heterocycles. The van der Waals surface area contributed by atoms with Gasteiger partial charge in [0.2, 0.25) is 5.91 Å². The second kappa shape index (κ2) is 7.10. The van der Waals surface area contributed by atoms with E-state index in [9.17, 15) is 4.79 Å². The number of rotatable bonds is 5. The summed E-state index contributed by atoms with van der Waals surface area (Å²) in [4.78, 5) is 17.6. The van der Waals surface area contributed by atoms with Gasteiger partial charge in [-0.2, -0.15) is 0 Å². The monoisotopic (exact) mass is 372 g/mol. The van der Waals surface area contributed by atoms with Gasteiger partial charge >= 0.3 is 0 Å². The van der Waals surface area contributed by atoms with Crippen LogP contribution in [0.5, 0.6) is 5.75 Å².